The third kappa shape index (κ3) is 5.55. The van der Waals surface area contributed by atoms with Crippen molar-refractivity contribution in [3.63, 3.8) is 0 Å². The van der Waals surface area contributed by atoms with Crippen LogP contribution in [0.1, 0.15) is 47.2 Å². The monoisotopic (exact) mass is 513 g/mol. The molecule has 0 spiro atoms. The summed E-state index contributed by atoms with van der Waals surface area (Å²) in [6.45, 7) is 4.15. The number of benzene rings is 2. The largest absolute Gasteiger partial charge is 0.384 e. The zero-order valence-electron chi connectivity index (χ0n) is 20.9. The summed E-state index contributed by atoms with van der Waals surface area (Å²) in [5.41, 5.74) is 16.3. The van der Waals surface area contributed by atoms with E-state index in [1.54, 1.807) is 11.2 Å². The topological polar surface area (TPSA) is 139 Å². The van der Waals surface area contributed by atoms with Gasteiger partial charge in [0.2, 0.25) is 15.9 Å². The first-order chi connectivity index (χ1) is 17.1. The van der Waals surface area contributed by atoms with Crippen LogP contribution in [0.5, 0.6) is 0 Å². The first-order valence-corrected chi connectivity index (χ1v) is 14.0. The molecule has 5 N–H and O–H groups in total. The molecule has 0 saturated carbocycles. The molecule has 2 aliphatic rings. The minimum atomic E-state index is -3.18. The van der Waals surface area contributed by atoms with Crippen LogP contribution in [0, 0.1) is 5.92 Å². The number of likely N-dealkylation sites (N-methyl/N-ethyl adjacent to an activating group) is 1. The molecular weight excluding hydrogens is 478 g/mol. The van der Waals surface area contributed by atoms with Crippen LogP contribution in [0.15, 0.2) is 36.4 Å². The first-order valence-electron chi connectivity index (χ1n) is 12.3. The molecule has 0 bridgehead atoms. The summed E-state index contributed by atoms with van der Waals surface area (Å²) in [4.78, 5) is 25.5. The molecule has 1 atom stereocenters. The number of amides is 2. The lowest BCUT2D eigenvalue weighted by Crippen LogP contribution is -2.40. The maximum absolute atomic E-state index is 12.4. The number of rotatable bonds is 9. The van der Waals surface area contributed by atoms with E-state index in [9.17, 15) is 18.0 Å². The van der Waals surface area contributed by atoms with E-state index < -0.39 is 15.9 Å². The van der Waals surface area contributed by atoms with Gasteiger partial charge in [0.05, 0.1) is 23.5 Å². The average Bonchev–Trinajstić information content (AvgIpc) is 3.27. The molecule has 0 radical (unpaired) electrons. The van der Waals surface area contributed by atoms with Crippen molar-refractivity contribution in [2.75, 3.05) is 44.3 Å². The predicted octanol–water partition coefficient (Wildman–Crippen LogP) is 1.94. The van der Waals surface area contributed by atoms with E-state index in [1.165, 1.54) is 0 Å². The fraction of sp³-hybridized carbons (Fsp3) is 0.462. The van der Waals surface area contributed by atoms with Gasteiger partial charge >= 0.3 is 0 Å². The highest BCUT2D eigenvalue weighted by Crippen LogP contribution is 2.44. The molecule has 2 aromatic carbocycles. The van der Waals surface area contributed by atoms with Crippen molar-refractivity contribution < 1.29 is 18.0 Å². The van der Waals surface area contributed by atoms with Gasteiger partial charge in [-0.25, -0.2) is 12.7 Å². The van der Waals surface area contributed by atoms with Crippen LogP contribution in [0.25, 0.3) is 11.1 Å². The van der Waals surface area contributed by atoms with Gasteiger partial charge in [0, 0.05) is 32.1 Å². The Morgan fingerprint density at radius 2 is 1.83 bits per heavy atom. The second-order valence-electron chi connectivity index (χ2n) is 9.82. The summed E-state index contributed by atoms with van der Waals surface area (Å²) >= 11 is 0. The first kappa shape index (κ1) is 26.1. The molecule has 0 aliphatic carbocycles. The number of hydrogen-bond donors (Lipinski definition) is 3. The van der Waals surface area contributed by atoms with Gasteiger partial charge < -0.3 is 16.8 Å². The van der Waals surface area contributed by atoms with Crippen LogP contribution < -0.4 is 16.8 Å². The normalized spacial score (nSPS) is 18.7. The lowest BCUT2D eigenvalue weighted by Gasteiger charge is -2.34. The Morgan fingerprint density at radius 3 is 2.47 bits per heavy atom. The number of carbonyl (C=O) groups is 2. The second-order valence-corrected chi connectivity index (χ2v) is 12.1. The van der Waals surface area contributed by atoms with Crippen molar-refractivity contribution in [2.45, 2.75) is 32.2 Å². The molecule has 2 amide bonds. The Bertz CT molecular complexity index is 1250. The number of sulfonamides is 1. The van der Waals surface area contributed by atoms with E-state index >= 15 is 0 Å². The smallest absolute Gasteiger partial charge is 0.250 e. The Labute approximate surface area is 212 Å². The van der Waals surface area contributed by atoms with E-state index in [0.717, 1.165) is 40.8 Å². The van der Waals surface area contributed by atoms with Crippen molar-refractivity contribution in [1.82, 2.24) is 9.21 Å². The van der Waals surface area contributed by atoms with Crippen molar-refractivity contribution >= 4 is 27.5 Å². The van der Waals surface area contributed by atoms with Gasteiger partial charge in [0.1, 0.15) is 0 Å². The molecule has 2 aromatic rings. The lowest BCUT2D eigenvalue weighted by molar-refractivity contribution is -0.118. The summed E-state index contributed by atoms with van der Waals surface area (Å²) in [7, 11) is -1.34. The molecule has 1 fully saturated rings. The zero-order chi connectivity index (χ0) is 26.0. The van der Waals surface area contributed by atoms with E-state index in [2.05, 4.69) is 17.4 Å². The Kier molecular flexibility index (Phi) is 7.67. The predicted molar refractivity (Wildman–Crippen MR) is 141 cm³/mol. The molecule has 2 heterocycles. The fourth-order valence-corrected chi connectivity index (χ4v) is 6.61. The number of hydrogen-bond acceptors (Lipinski definition) is 6. The molecular formula is C26H35N5O4S. The second kappa shape index (κ2) is 10.6. The lowest BCUT2D eigenvalue weighted by atomic mass is 9.80. The van der Waals surface area contributed by atoms with Gasteiger partial charge in [0.25, 0.3) is 5.91 Å². The van der Waals surface area contributed by atoms with Gasteiger partial charge in [-0.05, 0) is 73.2 Å². The number of anilines is 1. The third-order valence-corrected chi connectivity index (χ3v) is 9.18. The van der Waals surface area contributed by atoms with E-state index in [4.69, 9.17) is 11.5 Å². The number of nitrogens with zero attached hydrogens (tertiary/aromatic N) is 2. The van der Waals surface area contributed by atoms with Crippen LogP contribution in [-0.2, 0) is 21.4 Å². The highest BCUT2D eigenvalue weighted by atomic mass is 32.2. The van der Waals surface area contributed by atoms with Crippen LogP contribution >= 0.6 is 0 Å². The van der Waals surface area contributed by atoms with Gasteiger partial charge in [-0.2, -0.15) is 0 Å². The highest BCUT2D eigenvalue weighted by molar-refractivity contribution is 7.89. The highest BCUT2D eigenvalue weighted by Gasteiger charge is 2.36. The maximum Gasteiger partial charge on any atom is 0.250 e. The maximum atomic E-state index is 12.4. The van der Waals surface area contributed by atoms with Crippen LogP contribution in [0.3, 0.4) is 0 Å². The standard InChI is InChI=1S/C26H35N5O4S/c1-3-36(34,35)31-9-7-18(8-10-31)23-14-29-25-21(23)12-20(13-22(25)26(28)33)19-6-4-5-17(11-19)15-30(2)16-24(27)32/h4-6,11-13,18,23,29H,3,7-10,14-16H2,1-2H3,(H2,27,32)(H2,28,33). The van der Waals surface area contributed by atoms with Gasteiger partial charge in [-0.15, -0.1) is 0 Å². The quantitative estimate of drug-likeness (QED) is 0.468. The van der Waals surface area contributed by atoms with Crippen LogP contribution in [0.2, 0.25) is 0 Å². The van der Waals surface area contributed by atoms with E-state index in [1.807, 2.05) is 36.2 Å². The van der Waals surface area contributed by atoms with Crippen LogP contribution in [0.4, 0.5) is 5.69 Å². The summed E-state index contributed by atoms with van der Waals surface area (Å²) < 4.78 is 26.2. The van der Waals surface area contributed by atoms with E-state index in [-0.39, 0.29) is 24.1 Å². The van der Waals surface area contributed by atoms with E-state index in [0.29, 0.717) is 37.7 Å². The molecule has 4 rings (SSSR count). The average molecular weight is 514 g/mol. The SMILES string of the molecule is CCS(=O)(=O)N1CCC(C2CNc3c(C(N)=O)cc(-c4cccc(CN(C)CC(N)=O)c4)cc32)CC1. The van der Waals surface area contributed by atoms with Crippen LogP contribution in [-0.4, -0.2) is 68.4 Å². The van der Waals surface area contributed by atoms with Gasteiger partial charge in [-0.1, -0.05) is 18.2 Å². The number of piperidine rings is 1. The fourth-order valence-electron chi connectivity index (χ4n) is 5.48. The van der Waals surface area contributed by atoms with Gasteiger partial charge in [0.15, 0.2) is 0 Å². The number of nitrogens with one attached hydrogen (secondary N) is 1. The molecule has 1 saturated heterocycles. The molecule has 194 valence electrons. The molecule has 10 heteroatoms. The molecule has 9 nitrogen and oxygen atoms in total. The summed E-state index contributed by atoms with van der Waals surface area (Å²) in [6, 6.07) is 12.0. The van der Waals surface area contributed by atoms with Gasteiger partial charge in [-0.3, -0.25) is 14.5 Å². The zero-order valence-corrected chi connectivity index (χ0v) is 21.7. The summed E-state index contributed by atoms with van der Waals surface area (Å²) in [5, 5.41) is 3.40. The molecule has 2 aliphatic heterocycles. The summed E-state index contributed by atoms with van der Waals surface area (Å²) in [6.07, 6.45) is 1.56. The molecule has 36 heavy (non-hydrogen) atoms. The number of primary amides is 2. The molecule has 1 unspecified atom stereocenters. The van der Waals surface area contributed by atoms with Crippen molar-refractivity contribution in [1.29, 1.82) is 0 Å². The van der Waals surface area contributed by atoms with Crippen molar-refractivity contribution in [2.24, 2.45) is 17.4 Å². The summed E-state index contributed by atoms with van der Waals surface area (Å²) in [5.74, 6) is -0.257. The minimum absolute atomic E-state index is 0.119. The number of nitrogens with two attached hydrogens (primary N) is 2. The number of fused-ring (bicyclic) bond motifs is 1. The third-order valence-electron chi connectivity index (χ3n) is 7.30. The number of carbonyl (C=O) groups excluding carboxylic acids is 2. The molecule has 0 aromatic heterocycles. The minimum Gasteiger partial charge on any atom is -0.384 e. The van der Waals surface area contributed by atoms with Crippen molar-refractivity contribution in [3.8, 4) is 11.1 Å². The Hall–Kier alpha value is -2.95. The van der Waals surface area contributed by atoms with Crippen molar-refractivity contribution in [3.05, 3.63) is 53.1 Å². The Morgan fingerprint density at radius 1 is 1.11 bits per heavy atom. The Balaban J connectivity index is 1.62.